The van der Waals surface area contributed by atoms with Gasteiger partial charge in [-0.25, -0.2) is 4.98 Å². The number of hydrogen-bond donors (Lipinski definition) is 1. The van der Waals surface area contributed by atoms with Gasteiger partial charge in [0.15, 0.2) is 0 Å². The van der Waals surface area contributed by atoms with Crippen LogP contribution in [0.1, 0.15) is 13.0 Å². The van der Waals surface area contributed by atoms with E-state index in [0.29, 0.717) is 6.61 Å². The molecule has 0 aliphatic heterocycles. The first-order valence-electron chi connectivity index (χ1n) is 6.04. The van der Waals surface area contributed by atoms with Gasteiger partial charge in [-0.2, -0.15) is 5.10 Å². The molecule has 0 fully saturated rings. The molecule has 0 saturated carbocycles. The molecule has 2 rings (SSSR count). The number of rotatable bonds is 7. The van der Waals surface area contributed by atoms with Crippen LogP contribution in [0.15, 0.2) is 30.9 Å². The molecule has 0 spiro atoms. The Morgan fingerprint density at radius 2 is 2.28 bits per heavy atom. The lowest BCUT2D eigenvalue weighted by molar-refractivity contribution is 0.210. The van der Waals surface area contributed by atoms with E-state index in [1.807, 2.05) is 23.1 Å². The fraction of sp³-hybridized carbons (Fsp3) is 0.500. The summed E-state index contributed by atoms with van der Waals surface area (Å²) >= 11 is 0. The second-order valence-electron chi connectivity index (χ2n) is 4.15. The number of hydrogen-bond acceptors (Lipinski definition) is 4. The van der Waals surface area contributed by atoms with E-state index in [2.05, 4.69) is 26.9 Å². The summed E-state index contributed by atoms with van der Waals surface area (Å²) in [4.78, 5) is 4.30. The van der Waals surface area contributed by atoms with Gasteiger partial charge < -0.3 is 14.6 Å². The topological polar surface area (TPSA) is 56.9 Å². The summed E-state index contributed by atoms with van der Waals surface area (Å²) in [6.45, 7) is 4.38. The van der Waals surface area contributed by atoms with E-state index in [1.54, 1.807) is 19.5 Å². The average molecular weight is 249 g/mol. The van der Waals surface area contributed by atoms with Gasteiger partial charge in [0.25, 0.3) is 0 Å². The van der Waals surface area contributed by atoms with Gasteiger partial charge >= 0.3 is 0 Å². The van der Waals surface area contributed by atoms with Gasteiger partial charge in [0, 0.05) is 38.4 Å². The third-order valence-corrected chi connectivity index (χ3v) is 2.74. The Morgan fingerprint density at radius 1 is 1.39 bits per heavy atom. The summed E-state index contributed by atoms with van der Waals surface area (Å²) in [6.07, 6.45) is 7.53. The molecule has 6 nitrogen and oxygen atoms in total. The quantitative estimate of drug-likeness (QED) is 0.754. The predicted molar refractivity (Wildman–Crippen MR) is 69.5 cm³/mol. The van der Waals surface area contributed by atoms with Crippen LogP contribution in [0.2, 0.25) is 0 Å². The fourth-order valence-electron chi connectivity index (χ4n) is 1.84. The van der Waals surface area contributed by atoms with E-state index in [9.17, 15) is 0 Å². The number of methoxy groups -OCH3 is 1. The molecule has 98 valence electrons. The summed E-state index contributed by atoms with van der Waals surface area (Å²) in [6, 6.07) is 2.22. The third-order valence-electron chi connectivity index (χ3n) is 2.74. The zero-order valence-electron chi connectivity index (χ0n) is 10.8. The highest BCUT2D eigenvalue weighted by Gasteiger charge is 2.10. The first-order valence-corrected chi connectivity index (χ1v) is 6.04. The summed E-state index contributed by atoms with van der Waals surface area (Å²) in [5, 5.41) is 7.47. The molecule has 0 aliphatic carbocycles. The van der Waals surface area contributed by atoms with Gasteiger partial charge in [0.05, 0.1) is 19.2 Å². The maximum absolute atomic E-state index is 5.01. The van der Waals surface area contributed by atoms with Gasteiger partial charge in [-0.05, 0) is 13.0 Å². The van der Waals surface area contributed by atoms with Crippen molar-refractivity contribution in [3.8, 4) is 0 Å². The highest BCUT2D eigenvalue weighted by molar-refractivity contribution is 5.26. The number of nitrogens with zero attached hydrogens (tertiary/aromatic N) is 4. The van der Waals surface area contributed by atoms with E-state index in [4.69, 9.17) is 4.74 Å². The lowest BCUT2D eigenvalue weighted by atomic mass is 10.3. The molecule has 0 aromatic carbocycles. The molecule has 2 aromatic rings. The van der Waals surface area contributed by atoms with Crippen molar-refractivity contribution < 1.29 is 4.74 Å². The molecular formula is C12H19N5O. The van der Waals surface area contributed by atoms with Crippen LogP contribution in [0.25, 0.3) is 0 Å². The van der Waals surface area contributed by atoms with E-state index in [-0.39, 0.29) is 6.04 Å². The van der Waals surface area contributed by atoms with E-state index >= 15 is 0 Å². The van der Waals surface area contributed by atoms with Gasteiger partial charge in [-0.1, -0.05) is 0 Å². The summed E-state index contributed by atoms with van der Waals surface area (Å²) in [7, 11) is 1.69. The largest absolute Gasteiger partial charge is 0.383 e. The summed E-state index contributed by atoms with van der Waals surface area (Å²) < 4.78 is 9.04. The molecule has 1 atom stereocenters. The monoisotopic (exact) mass is 249 g/mol. The van der Waals surface area contributed by atoms with E-state index in [0.717, 1.165) is 19.0 Å². The van der Waals surface area contributed by atoms with Crippen LogP contribution < -0.4 is 5.32 Å². The Labute approximate surface area is 107 Å². The van der Waals surface area contributed by atoms with Crippen molar-refractivity contribution in [2.75, 3.05) is 25.6 Å². The molecule has 6 heteroatoms. The second-order valence-corrected chi connectivity index (χ2v) is 4.15. The Morgan fingerprint density at radius 3 is 3.00 bits per heavy atom. The van der Waals surface area contributed by atoms with Crippen molar-refractivity contribution >= 4 is 5.95 Å². The van der Waals surface area contributed by atoms with Crippen molar-refractivity contribution in [3.05, 3.63) is 30.9 Å². The molecule has 2 heterocycles. The fourth-order valence-corrected chi connectivity index (χ4v) is 1.84. The van der Waals surface area contributed by atoms with Crippen LogP contribution >= 0.6 is 0 Å². The maximum Gasteiger partial charge on any atom is 0.203 e. The molecule has 0 amide bonds. The Balaban J connectivity index is 1.97. The molecular weight excluding hydrogens is 230 g/mol. The van der Waals surface area contributed by atoms with Crippen LogP contribution in [-0.2, 0) is 11.3 Å². The normalized spacial score (nSPS) is 12.6. The molecule has 18 heavy (non-hydrogen) atoms. The molecule has 1 N–H and O–H groups in total. The smallest absolute Gasteiger partial charge is 0.203 e. The van der Waals surface area contributed by atoms with Gasteiger partial charge in [0.1, 0.15) is 0 Å². The Hall–Kier alpha value is -1.82. The number of aromatic nitrogens is 4. The van der Waals surface area contributed by atoms with E-state index in [1.165, 1.54) is 0 Å². The van der Waals surface area contributed by atoms with Crippen LogP contribution in [0, 0.1) is 0 Å². The minimum atomic E-state index is 0.289. The molecule has 0 saturated heterocycles. The molecule has 0 aliphatic rings. The first kappa shape index (κ1) is 12.6. The van der Waals surface area contributed by atoms with Gasteiger partial charge in [-0.3, -0.25) is 4.68 Å². The van der Waals surface area contributed by atoms with Crippen LogP contribution in [0.3, 0.4) is 0 Å². The summed E-state index contributed by atoms with van der Waals surface area (Å²) in [5.74, 6) is 0.867. The van der Waals surface area contributed by atoms with Gasteiger partial charge in [-0.15, -0.1) is 0 Å². The highest BCUT2D eigenvalue weighted by atomic mass is 16.5. The van der Waals surface area contributed by atoms with Crippen molar-refractivity contribution in [1.82, 2.24) is 19.3 Å². The van der Waals surface area contributed by atoms with Crippen LogP contribution in [-0.4, -0.2) is 39.6 Å². The maximum atomic E-state index is 5.01. The Kier molecular flexibility index (Phi) is 4.35. The van der Waals surface area contributed by atoms with Gasteiger partial charge in [0.2, 0.25) is 5.95 Å². The minimum absolute atomic E-state index is 0.289. The first-order chi connectivity index (χ1) is 8.81. The second kappa shape index (κ2) is 6.20. The van der Waals surface area contributed by atoms with Crippen molar-refractivity contribution in [1.29, 1.82) is 0 Å². The SMILES string of the molecule is COCCNc1nccn1C(C)Cn1cccn1. The average Bonchev–Trinajstić information content (AvgIpc) is 3.00. The van der Waals surface area contributed by atoms with E-state index < -0.39 is 0 Å². The predicted octanol–water partition coefficient (Wildman–Crippen LogP) is 1.40. The van der Waals surface area contributed by atoms with Crippen molar-refractivity contribution in [2.24, 2.45) is 0 Å². The zero-order chi connectivity index (χ0) is 12.8. The lowest BCUT2D eigenvalue weighted by Crippen LogP contribution is -2.17. The van der Waals surface area contributed by atoms with Crippen LogP contribution in [0.5, 0.6) is 0 Å². The Bertz CT molecular complexity index is 451. The standard InChI is InChI=1S/C12H19N5O/c1-11(10-16-7-3-4-15-16)17-8-5-13-12(17)14-6-9-18-2/h3-5,7-8,11H,6,9-10H2,1-2H3,(H,13,14). The molecule has 0 bridgehead atoms. The third kappa shape index (κ3) is 3.10. The lowest BCUT2D eigenvalue weighted by Gasteiger charge is -2.17. The minimum Gasteiger partial charge on any atom is -0.383 e. The zero-order valence-corrected chi connectivity index (χ0v) is 10.8. The van der Waals surface area contributed by atoms with Crippen LogP contribution in [0.4, 0.5) is 5.95 Å². The number of imidazole rings is 1. The molecule has 1 unspecified atom stereocenters. The highest BCUT2D eigenvalue weighted by Crippen LogP contribution is 2.14. The number of anilines is 1. The number of nitrogens with one attached hydrogen (secondary N) is 1. The van der Waals surface area contributed by atoms with Crippen molar-refractivity contribution in [2.45, 2.75) is 19.5 Å². The molecule has 2 aromatic heterocycles. The summed E-state index contributed by atoms with van der Waals surface area (Å²) in [5.41, 5.74) is 0. The van der Waals surface area contributed by atoms with Crippen molar-refractivity contribution in [3.63, 3.8) is 0 Å². The number of ether oxygens (including phenoxy) is 1. The molecule has 0 radical (unpaired) electrons.